The van der Waals surface area contributed by atoms with E-state index >= 15 is 0 Å². The molecule has 1 amide bonds. The molecule has 1 aliphatic heterocycles. The fourth-order valence-electron chi connectivity index (χ4n) is 2.31. The minimum absolute atomic E-state index is 0.0708. The lowest BCUT2D eigenvalue weighted by molar-refractivity contribution is -0.130. The molecule has 0 aromatic heterocycles. The van der Waals surface area contributed by atoms with Crippen LogP contribution in [0.5, 0.6) is 0 Å². The number of hydrogen-bond acceptors (Lipinski definition) is 3. The zero-order valence-corrected chi connectivity index (χ0v) is 11.3. The van der Waals surface area contributed by atoms with Crippen molar-refractivity contribution in [1.82, 2.24) is 9.80 Å². The molecule has 2 rings (SSSR count). The number of nitrogens with zero attached hydrogens (tertiary/aromatic N) is 2. The van der Waals surface area contributed by atoms with Gasteiger partial charge in [0.1, 0.15) is 5.82 Å². The van der Waals surface area contributed by atoms with E-state index in [2.05, 4.69) is 4.90 Å². The first-order chi connectivity index (χ1) is 9.47. The first-order valence-corrected chi connectivity index (χ1v) is 6.47. The predicted octanol–water partition coefficient (Wildman–Crippen LogP) is 1.19. The van der Waals surface area contributed by atoms with Gasteiger partial charge >= 0.3 is 5.97 Å². The van der Waals surface area contributed by atoms with Crippen LogP contribution < -0.4 is 0 Å². The maximum Gasteiger partial charge on any atom is 0.338 e. The smallest absolute Gasteiger partial charge is 0.338 e. The number of benzene rings is 1. The molecule has 0 aliphatic carbocycles. The van der Waals surface area contributed by atoms with Crippen molar-refractivity contribution in [1.29, 1.82) is 0 Å². The molecular weight excluding hydrogens is 263 g/mol. The van der Waals surface area contributed by atoms with E-state index in [-0.39, 0.29) is 11.5 Å². The zero-order valence-electron chi connectivity index (χ0n) is 11.3. The van der Waals surface area contributed by atoms with Gasteiger partial charge in [0.15, 0.2) is 0 Å². The number of aromatic carboxylic acids is 1. The van der Waals surface area contributed by atoms with E-state index in [1.807, 2.05) is 0 Å². The Hall–Kier alpha value is -1.95. The van der Waals surface area contributed by atoms with E-state index in [1.54, 1.807) is 17.9 Å². The van der Waals surface area contributed by atoms with Crippen molar-refractivity contribution in [3.8, 4) is 0 Å². The molecule has 0 radical (unpaired) electrons. The van der Waals surface area contributed by atoms with Crippen LogP contribution in [0.1, 0.15) is 22.8 Å². The Morgan fingerprint density at radius 1 is 1.25 bits per heavy atom. The van der Waals surface area contributed by atoms with Crippen molar-refractivity contribution in [2.75, 3.05) is 26.2 Å². The van der Waals surface area contributed by atoms with Crippen molar-refractivity contribution in [3.63, 3.8) is 0 Å². The number of rotatable bonds is 3. The molecule has 5 nitrogen and oxygen atoms in total. The second-order valence-electron chi connectivity index (χ2n) is 4.90. The van der Waals surface area contributed by atoms with E-state index in [9.17, 15) is 14.0 Å². The van der Waals surface area contributed by atoms with Crippen LogP contribution in [-0.4, -0.2) is 53.0 Å². The lowest BCUT2D eigenvalue weighted by atomic mass is 10.1. The van der Waals surface area contributed by atoms with Gasteiger partial charge in [-0.15, -0.1) is 0 Å². The SMILES string of the molecule is CC(=O)N1CCN(Cc2ccc(C(=O)O)c(F)c2)CC1. The minimum Gasteiger partial charge on any atom is -0.478 e. The molecule has 0 bridgehead atoms. The van der Waals surface area contributed by atoms with Crippen LogP contribution in [0.15, 0.2) is 18.2 Å². The highest BCUT2D eigenvalue weighted by atomic mass is 19.1. The summed E-state index contributed by atoms with van der Waals surface area (Å²) >= 11 is 0. The first kappa shape index (κ1) is 14.5. The summed E-state index contributed by atoms with van der Waals surface area (Å²) in [6.07, 6.45) is 0. The molecule has 1 saturated heterocycles. The molecule has 1 heterocycles. The normalized spacial score (nSPS) is 16.2. The van der Waals surface area contributed by atoms with Crippen molar-refractivity contribution < 1.29 is 19.1 Å². The van der Waals surface area contributed by atoms with Gasteiger partial charge in [0.05, 0.1) is 5.56 Å². The summed E-state index contributed by atoms with van der Waals surface area (Å²) in [5.74, 6) is -1.90. The van der Waals surface area contributed by atoms with Gasteiger partial charge < -0.3 is 10.0 Å². The first-order valence-electron chi connectivity index (χ1n) is 6.47. The van der Waals surface area contributed by atoms with E-state index in [0.717, 1.165) is 18.7 Å². The van der Waals surface area contributed by atoms with E-state index in [4.69, 9.17) is 5.11 Å². The van der Waals surface area contributed by atoms with Gasteiger partial charge in [-0.2, -0.15) is 0 Å². The molecule has 0 atom stereocenters. The highest BCUT2D eigenvalue weighted by molar-refractivity contribution is 5.87. The Labute approximate surface area is 116 Å². The number of carbonyl (C=O) groups is 2. The maximum atomic E-state index is 13.6. The minimum atomic E-state index is -1.26. The molecule has 108 valence electrons. The summed E-state index contributed by atoms with van der Waals surface area (Å²) in [6.45, 7) is 4.93. The number of halogens is 1. The Balaban J connectivity index is 1.96. The van der Waals surface area contributed by atoms with Crippen molar-refractivity contribution in [2.24, 2.45) is 0 Å². The van der Waals surface area contributed by atoms with Gasteiger partial charge in [0.2, 0.25) is 5.91 Å². The van der Waals surface area contributed by atoms with Gasteiger partial charge in [-0.1, -0.05) is 6.07 Å². The fourth-order valence-corrected chi connectivity index (χ4v) is 2.31. The average molecular weight is 280 g/mol. The van der Waals surface area contributed by atoms with E-state index in [0.29, 0.717) is 19.6 Å². The quantitative estimate of drug-likeness (QED) is 0.903. The molecule has 0 saturated carbocycles. The molecule has 6 heteroatoms. The third-order valence-corrected chi connectivity index (χ3v) is 3.49. The summed E-state index contributed by atoms with van der Waals surface area (Å²) in [5, 5.41) is 8.77. The number of piperazine rings is 1. The van der Waals surface area contributed by atoms with Crippen molar-refractivity contribution >= 4 is 11.9 Å². The lowest BCUT2D eigenvalue weighted by Gasteiger charge is -2.34. The summed E-state index contributed by atoms with van der Waals surface area (Å²) < 4.78 is 13.6. The predicted molar refractivity (Wildman–Crippen MR) is 70.9 cm³/mol. The second kappa shape index (κ2) is 6.00. The summed E-state index contributed by atoms with van der Waals surface area (Å²) in [5.41, 5.74) is 0.430. The van der Waals surface area contributed by atoms with Gasteiger partial charge in [-0.05, 0) is 17.7 Å². The zero-order chi connectivity index (χ0) is 14.7. The molecule has 1 aromatic rings. The number of hydrogen-bond donors (Lipinski definition) is 1. The van der Waals surface area contributed by atoms with Crippen LogP contribution in [0.2, 0.25) is 0 Å². The Bertz CT molecular complexity index is 525. The lowest BCUT2D eigenvalue weighted by Crippen LogP contribution is -2.47. The maximum absolute atomic E-state index is 13.6. The number of carboxylic acid groups (broad SMARTS) is 1. The summed E-state index contributed by atoms with van der Waals surface area (Å²) in [6, 6.07) is 4.18. The third-order valence-electron chi connectivity index (χ3n) is 3.49. The number of amides is 1. The van der Waals surface area contributed by atoms with Crippen LogP contribution in [0.4, 0.5) is 4.39 Å². The number of carboxylic acids is 1. The molecule has 0 spiro atoms. The van der Waals surface area contributed by atoms with Crippen LogP contribution in [0.3, 0.4) is 0 Å². The number of carbonyl (C=O) groups excluding carboxylic acids is 1. The van der Waals surface area contributed by atoms with Gasteiger partial charge in [0.25, 0.3) is 0 Å². The average Bonchev–Trinajstić information content (AvgIpc) is 2.39. The highest BCUT2D eigenvalue weighted by Gasteiger charge is 2.19. The molecule has 20 heavy (non-hydrogen) atoms. The Morgan fingerprint density at radius 2 is 1.90 bits per heavy atom. The van der Waals surface area contributed by atoms with Crippen LogP contribution >= 0.6 is 0 Å². The summed E-state index contributed by atoms with van der Waals surface area (Å²) in [4.78, 5) is 25.8. The van der Waals surface area contributed by atoms with Gasteiger partial charge in [0, 0.05) is 39.6 Å². The molecule has 1 fully saturated rings. The van der Waals surface area contributed by atoms with Crippen LogP contribution in [0.25, 0.3) is 0 Å². The Morgan fingerprint density at radius 3 is 2.40 bits per heavy atom. The monoisotopic (exact) mass is 280 g/mol. The third kappa shape index (κ3) is 3.33. The topological polar surface area (TPSA) is 60.9 Å². The largest absolute Gasteiger partial charge is 0.478 e. The molecule has 1 aliphatic rings. The molecule has 1 N–H and O–H groups in total. The van der Waals surface area contributed by atoms with Crippen molar-refractivity contribution in [3.05, 3.63) is 35.1 Å². The van der Waals surface area contributed by atoms with Gasteiger partial charge in [-0.25, -0.2) is 9.18 Å². The Kier molecular flexibility index (Phi) is 4.34. The molecule has 0 unspecified atom stereocenters. The molecular formula is C14H17FN2O3. The van der Waals surface area contributed by atoms with Crippen molar-refractivity contribution in [2.45, 2.75) is 13.5 Å². The molecule has 1 aromatic carbocycles. The standard InChI is InChI=1S/C14H17FN2O3/c1-10(18)17-6-4-16(5-7-17)9-11-2-3-12(14(19)20)13(15)8-11/h2-3,8H,4-7,9H2,1H3,(H,19,20). The highest BCUT2D eigenvalue weighted by Crippen LogP contribution is 2.14. The van der Waals surface area contributed by atoms with Crippen LogP contribution in [-0.2, 0) is 11.3 Å². The van der Waals surface area contributed by atoms with E-state index in [1.165, 1.54) is 12.1 Å². The second-order valence-corrected chi connectivity index (χ2v) is 4.90. The fraction of sp³-hybridized carbons (Fsp3) is 0.429. The van der Waals surface area contributed by atoms with Crippen LogP contribution in [0, 0.1) is 5.82 Å². The summed E-state index contributed by atoms with van der Waals surface area (Å²) in [7, 11) is 0. The van der Waals surface area contributed by atoms with Gasteiger partial charge in [-0.3, -0.25) is 9.69 Å². The van der Waals surface area contributed by atoms with E-state index < -0.39 is 11.8 Å².